The van der Waals surface area contributed by atoms with E-state index in [-0.39, 0.29) is 0 Å². The highest BCUT2D eigenvalue weighted by Crippen LogP contribution is 2.27. The Bertz CT molecular complexity index is 317. The minimum Gasteiger partial charge on any atom is -0.300 e. The molecule has 0 aromatic carbocycles. The van der Waals surface area contributed by atoms with E-state index in [1.807, 2.05) is 12.4 Å². The Labute approximate surface area is 105 Å². The summed E-state index contributed by atoms with van der Waals surface area (Å²) in [5.74, 6) is 0.817. The average molecular weight is 232 g/mol. The summed E-state index contributed by atoms with van der Waals surface area (Å²) in [5.41, 5.74) is 1.41. The summed E-state index contributed by atoms with van der Waals surface area (Å²) in [7, 11) is 0. The molecule has 1 fully saturated rings. The van der Waals surface area contributed by atoms with Crippen molar-refractivity contribution in [1.82, 2.24) is 9.88 Å². The van der Waals surface area contributed by atoms with Gasteiger partial charge in [0.25, 0.3) is 0 Å². The van der Waals surface area contributed by atoms with E-state index in [4.69, 9.17) is 0 Å². The van der Waals surface area contributed by atoms with E-state index in [1.54, 1.807) is 0 Å². The minimum absolute atomic E-state index is 0.817. The van der Waals surface area contributed by atoms with E-state index >= 15 is 0 Å². The first-order valence-electron chi connectivity index (χ1n) is 6.88. The van der Waals surface area contributed by atoms with Crippen LogP contribution in [0.3, 0.4) is 0 Å². The SMILES string of the molecule is CC(C)CCN(CCc1ccncc1)C1CC1. The second-order valence-corrected chi connectivity index (χ2v) is 5.56. The highest BCUT2D eigenvalue weighted by atomic mass is 15.2. The molecular formula is C15H24N2. The molecule has 1 saturated carbocycles. The molecule has 0 atom stereocenters. The van der Waals surface area contributed by atoms with Crippen molar-refractivity contribution in [2.75, 3.05) is 13.1 Å². The molecule has 0 saturated heterocycles. The molecule has 94 valence electrons. The highest BCUT2D eigenvalue weighted by molar-refractivity contribution is 5.10. The summed E-state index contributed by atoms with van der Waals surface area (Å²) in [6.45, 7) is 7.11. The van der Waals surface area contributed by atoms with Crippen molar-refractivity contribution in [1.29, 1.82) is 0 Å². The summed E-state index contributed by atoms with van der Waals surface area (Å²) >= 11 is 0. The number of hydrogen-bond acceptors (Lipinski definition) is 2. The lowest BCUT2D eigenvalue weighted by atomic mass is 10.1. The third kappa shape index (κ3) is 4.47. The van der Waals surface area contributed by atoms with Gasteiger partial charge in [-0.3, -0.25) is 4.98 Å². The number of rotatable bonds is 7. The van der Waals surface area contributed by atoms with Crippen LogP contribution in [0, 0.1) is 5.92 Å². The normalized spacial score (nSPS) is 15.8. The second kappa shape index (κ2) is 6.15. The Kier molecular flexibility index (Phi) is 4.55. The van der Waals surface area contributed by atoms with E-state index in [1.165, 1.54) is 37.9 Å². The molecule has 0 unspecified atom stereocenters. The summed E-state index contributed by atoms with van der Waals surface area (Å²) in [6.07, 6.45) is 9.10. The van der Waals surface area contributed by atoms with Crippen molar-refractivity contribution in [2.24, 2.45) is 5.92 Å². The fraction of sp³-hybridized carbons (Fsp3) is 0.667. The van der Waals surface area contributed by atoms with Crippen molar-refractivity contribution >= 4 is 0 Å². The van der Waals surface area contributed by atoms with E-state index in [2.05, 4.69) is 35.9 Å². The maximum Gasteiger partial charge on any atom is 0.0270 e. The molecule has 0 amide bonds. The van der Waals surface area contributed by atoms with Crippen LogP contribution >= 0.6 is 0 Å². The smallest absolute Gasteiger partial charge is 0.0270 e. The Morgan fingerprint density at radius 1 is 1.24 bits per heavy atom. The zero-order chi connectivity index (χ0) is 12.1. The van der Waals surface area contributed by atoms with Crippen LogP contribution in [0.2, 0.25) is 0 Å². The van der Waals surface area contributed by atoms with Gasteiger partial charge in [0, 0.05) is 25.0 Å². The van der Waals surface area contributed by atoms with Gasteiger partial charge in [0.05, 0.1) is 0 Å². The van der Waals surface area contributed by atoms with Gasteiger partial charge < -0.3 is 4.90 Å². The number of hydrogen-bond donors (Lipinski definition) is 0. The monoisotopic (exact) mass is 232 g/mol. The quantitative estimate of drug-likeness (QED) is 0.718. The first-order chi connectivity index (χ1) is 8.25. The van der Waals surface area contributed by atoms with Crippen LogP contribution in [0.4, 0.5) is 0 Å². The Morgan fingerprint density at radius 2 is 1.94 bits per heavy atom. The summed E-state index contributed by atoms with van der Waals surface area (Å²) < 4.78 is 0. The van der Waals surface area contributed by atoms with Crippen molar-refractivity contribution < 1.29 is 0 Å². The predicted molar refractivity (Wildman–Crippen MR) is 72.0 cm³/mol. The lowest BCUT2D eigenvalue weighted by Crippen LogP contribution is -2.30. The molecule has 1 aliphatic rings. The fourth-order valence-corrected chi connectivity index (χ4v) is 2.16. The molecule has 1 aromatic heterocycles. The molecule has 0 radical (unpaired) electrons. The van der Waals surface area contributed by atoms with Crippen LogP contribution < -0.4 is 0 Å². The highest BCUT2D eigenvalue weighted by Gasteiger charge is 2.28. The molecule has 2 nitrogen and oxygen atoms in total. The number of aromatic nitrogens is 1. The van der Waals surface area contributed by atoms with Crippen molar-refractivity contribution in [2.45, 2.75) is 45.6 Å². The summed E-state index contributed by atoms with van der Waals surface area (Å²) in [6, 6.07) is 5.15. The van der Waals surface area contributed by atoms with E-state index in [9.17, 15) is 0 Å². The van der Waals surface area contributed by atoms with Crippen LogP contribution in [0.15, 0.2) is 24.5 Å². The van der Waals surface area contributed by atoms with Gasteiger partial charge in [-0.15, -0.1) is 0 Å². The largest absolute Gasteiger partial charge is 0.300 e. The maximum atomic E-state index is 4.07. The standard InChI is InChI=1S/C15H24N2/c1-13(2)7-11-17(15-3-4-15)12-8-14-5-9-16-10-6-14/h5-6,9-10,13,15H,3-4,7-8,11-12H2,1-2H3. The van der Waals surface area contributed by atoms with Crippen LogP contribution in [-0.2, 0) is 6.42 Å². The first-order valence-corrected chi connectivity index (χ1v) is 6.88. The van der Waals surface area contributed by atoms with Gasteiger partial charge in [-0.1, -0.05) is 13.8 Å². The minimum atomic E-state index is 0.817. The van der Waals surface area contributed by atoms with Crippen LogP contribution in [0.25, 0.3) is 0 Å². The molecule has 0 aliphatic heterocycles. The lowest BCUT2D eigenvalue weighted by molar-refractivity contribution is 0.250. The van der Waals surface area contributed by atoms with E-state index in [0.717, 1.165) is 18.4 Å². The number of nitrogens with zero attached hydrogens (tertiary/aromatic N) is 2. The topological polar surface area (TPSA) is 16.1 Å². The molecule has 0 N–H and O–H groups in total. The zero-order valence-corrected chi connectivity index (χ0v) is 11.1. The van der Waals surface area contributed by atoms with Crippen molar-refractivity contribution in [3.63, 3.8) is 0 Å². The van der Waals surface area contributed by atoms with Gasteiger partial charge in [-0.05, 0) is 55.8 Å². The third-order valence-corrected chi connectivity index (χ3v) is 3.49. The average Bonchev–Trinajstić information content (AvgIpc) is 3.14. The van der Waals surface area contributed by atoms with Crippen LogP contribution in [0.5, 0.6) is 0 Å². The van der Waals surface area contributed by atoms with Gasteiger partial charge in [0.2, 0.25) is 0 Å². The maximum absolute atomic E-state index is 4.07. The molecule has 1 aromatic rings. The van der Waals surface area contributed by atoms with Crippen molar-refractivity contribution in [3.8, 4) is 0 Å². The molecule has 2 heteroatoms. The Morgan fingerprint density at radius 3 is 2.53 bits per heavy atom. The van der Waals surface area contributed by atoms with E-state index in [0.29, 0.717) is 0 Å². The van der Waals surface area contributed by atoms with Gasteiger partial charge in [0.1, 0.15) is 0 Å². The molecular weight excluding hydrogens is 208 g/mol. The lowest BCUT2D eigenvalue weighted by Gasteiger charge is -2.22. The van der Waals surface area contributed by atoms with Gasteiger partial charge in [0.15, 0.2) is 0 Å². The van der Waals surface area contributed by atoms with Gasteiger partial charge in [-0.25, -0.2) is 0 Å². The number of pyridine rings is 1. The molecule has 0 spiro atoms. The van der Waals surface area contributed by atoms with Gasteiger partial charge >= 0.3 is 0 Å². The first kappa shape index (κ1) is 12.6. The Balaban J connectivity index is 1.77. The predicted octanol–water partition coefficient (Wildman–Crippen LogP) is 3.13. The molecule has 0 bridgehead atoms. The summed E-state index contributed by atoms with van der Waals surface area (Å²) in [5, 5.41) is 0. The van der Waals surface area contributed by atoms with Crippen LogP contribution in [0.1, 0.15) is 38.7 Å². The Hall–Kier alpha value is -0.890. The fourth-order valence-electron chi connectivity index (χ4n) is 2.16. The summed E-state index contributed by atoms with van der Waals surface area (Å²) in [4.78, 5) is 6.75. The molecule has 1 aliphatic carbocycles. The van der Waals surface area contributed by atoms with Gasteiger partial charge in [-0.2, -0.15) is 0 Å². The molecule has 1 heterocycles. The molecule has 2 rings (SSSR count). The molecule has 17 heavy (non-hydrogen) atoms. The zero-order valence-electron chi connectivity index (χ0n) is 11.1. The third-order valence-electron chi connectivity index (χ3n) is 3.49. The van der Waals surface area contributed by atoms with Crippen molar-refractivity contribution in [3.05, 3.63) is 30.1 Å². The van der Waals surface area contributed by atoms with E-state index < -0.39 is 0 Å². The van der Waals surface area contributed by atoms with Crippen LogP contribution in [-0.4, -0.2) is 29.0 Å². The second-order valence-electron chi connectivity index (χ2n) is 5.56.